The predicted octanol–water partition coefficient (Wildman–Crippen LogP) is 5.31. The van der Waals surface area contributed by atoms with Crippen LogP contribution in [0.1, 0.15) is 10.4 Å². The van der Waals surface area contributed by atoms with E-state index >= 15 is 0 Å². The Morgan fingerprint density at radius 2 is 1.60 bits per heavy atom. The lowest BCUT2D eigenvalue weighted by molar-refractivity contribution is 0.102. The molecule has 0 radical (unpaired) electrons. The van der Waals surface area contributed by atoms with Crippen LogP contribution in [0, 0.1) is 17.5 Å². The molecular formula is C19H12F3NOS. The summed E-state index contributed by atoms with van der Waals surface area (Å²) in [6.07, 6.45) is 0. The van der Waals surface area contributed by atoms with Crippen molar-refractivity contribution in [3.8, 4) is 11.1 Å². The summed E-state index contributed by atoms with van der Waals surface area (Å²) in [6.45, 7) is 0. The monoisotopic (exact) mass is 359 g/mol. The van der Waals surface area contributed by atoms with E-state index in [9.17, 15) is 18.0 Å². The molecule has 0 saturated carbocycles. The van der Waals surface area contributed by atoms with Crippen LogP contribution in [0.3, 0.4) is 0 Å². The van der Waals surface area contributed by atoms with Gasteiger partial charge in [-0.3, -0.25) is 4.79 Å². The highest BCUT2D eigenvalue weighted by molar-refractivity contribution is 7.80. The molecule has 0 atom stereocenters. The van der Waals surface area contributed by atoms with E-state index in [1.165, 1.54) is 24.3 Å². The maximum absolute atomic E-state index is 14.2. The molecule has 0 aliphatic heterocycles. The fraction of sp³-hybridized carbons (Fsp3) is 0. The van der Waals surface area contributed by atoms with Crippen molar-refractivity contribution in [3.05, 3.63) is 83.7 Å². The lowest BCUT2D eigenvalue weighted by Crippen LogP contribution is -2.13. The topological polar surface area (TPSA) is 29.1 Å². The van der Waals surface area contributed by atoms with Gasteiger partial charge in [-0.1, -0.05) is 24.3 Å². The molecule has 2 nitrogen and oxygen atoms in total. The third-order valence-corrected chi connectivity index (χ3v) is 3.98. The molecule has 3 aromatic rings. The summed E-state index contributed by atoms with van der Waals surface area (Å²) < 4.78 is 41.4. The largest absolute Gasteiger partial charge is 0.319 e. The van der Waals surface area contributed by atoms with Crippen LogP contribution >= 0.6 is 12.6 Å². The summed E-state index contributed by atoms with van der Waals surface area (Å²) in [7, 11) is 0. The minimum atomic E-state index is -0.928. The molecule has 0 fully saturated rings. The normalized spacial score (nSPS) is 10.6. The molecule has 3 aromatic carbocycles. The van der Waals surface area contributed by atoms with E-state index in [1.807, 2.05) is 0 Å². The maximum atomic E-state index is 14.2. The standard InChI is InChI=1S/C19H12F3NOS/c20-12-5-3-4-11(8-12)19(24)23-17-9-14(15(21)10-16(17)22)13-6-1-2-7-18(13)25/h1-10,25H,(H,23,24). The summed E-state index contributed by atoms with van der Waals surface area (Å²) >= 11 is 4.27. The predicted molar refractivity (Wildman–Crippen MR) is 93.4 cm³/mol. The minimum absolute atomic E-state index is 0.0277. The first-order valence-electron chi connectivity index (χ1n) is 7.30. The Balaban J connectivity index is 1.99. The van der Waals surface area contributed by atoms with Crippen LogP contribution < -0.4 is 5.32 Å². The lowest BCUT2D eigenvalue weighted by atomic mass is 10.0. The second kappa shape index (κ2) is 7.03. The molecule has 0 aromatic heterocycles. The zero-order valence-corrected chi connectivity index (χ0v) is 13.7. The van der Waals surface area contributed by atoms with Gasteiger partial charge in [-0.25, -0.2) is 13.2 Å². The Bertz CT molecular complexity index is 959. The molecule has 1 N–H and O–H groups in total. The Labute approximate surface area is 147 Å². The number of hydrogen-bond donors (Lipinski definition) is 2. The van der Waals surface area contributed by atoms with Crippen LogP contribution in [0.2, 0.25) is 0 Å². The van der Waals surface area contributed by atoms with Gasteiger partial charge in [0, 0.05) is 22.1 Å². The molecule has 0 heterocycles. The summed E-state index contributed by atoms with van der Waals surface area (Å²) in [6, 6.07) is 13.6. The number of rotatable bonds is 3. The van der Waals surface area contributed by atoms with Crippen LogP contribution in [0.4, 0.5) is 18.9 Å². The Kier molecular flexibility index (Phi) is 4.81. The number of hydrogen-bond acceptors (Lipinski definition) is 2. The van der Waals surface area contributed by atoms with Crippen LogP contribution in [0.5, 0.6) is 0 Å². The minimum Gasteiger partial charge on any atom is -0.319 e. The van der Waals surface area contributed by atoms with Crippen molar-refractivity contribution in [2.24, 2.45) is 0 Å². The van der Waals surface area contributed by atoms with Gasteiger partial charge in [0.25, 0.3) is 5.91 Å². The van der Waals surface area contributed by atoms with Gasteiger partial charge in [0.05, 0.1) is 5.69 Å². The van der Waals surface area contributed by atoms with Gasteiger partial charge in [-0.2, -0.15) is 0 Å². The second-order valence-electron chi connectivity index (χ2n) is 5.29. The third-order valence-electron chi connectivity index (χ3n) is 3.59. The number of nitrogens with one attached hydrogen (secondary N) is 1. The van der Waals surface area contributed by atoms with Crippen molar-refractivity contribution in [2.45, 2.75) is 4.90 Å². The molecule has 0 aliphatic rings. The van der Waals surface area contributed by atoms with Crippen molar-refractivity contribution in [2.75, 3.05) is 5.32 Å². The molecule has 0 bridgehead atoms. The Morgan fingerprint density at radius 1 is 0.840 bits per heavy atom. The van der Waals surface area contributed by atoms with Gasteiger partial charge in [0.2, 0.25) is 0 Å². The SMILES string of the molecule is O=C(Nc1cc(-c2ccccc2S)c(F)cc1F)c1cccc(F)c1. The average molecular weight is 359 g/mol. The molecule has 126 valence electrons. The summed E-state index contributed by atoms with van der Waals surface area (Å²) in [4.78, 5) is 12.7. The summed E-state index contributed by atoms with van der Waals surface area (Å²) in [5.74, 6) is -2.99. The molecule has 0 saturated heterocycles. The first kappa shape index (κ1) is 17.1. The first-order valence-corrected chi connectivity index (χ1v) is 7.75. The molecular weight excluding hydrogens is 347 g/mol. The first-order chi connectivity index (χ1) is 12.0. The quantitative estimate of drug-likeness (QED) is 0.610. The lowest BCUT2D eigenvalue weighted by Gasteiger charge is -2.11. The van der Waals surface area contributed by atoms with Crippen molar-refractivity contribution < 1.29 is 18.0 Å². The fourth-order valence-electron chi connectivity index (χ4n) is 2.38. The van der Waals surface area contributed by atoms with Gasteiger partial charge in [-0.15, -0.1) is 12.6 Å². The third kappa shape index (κ3) is 3.69. The Hall–Kier alpha value is -2.73. The number of carbonyl (C=O) groups is 1. The highest BCUT2D eigenvalue weighted by Crippen LogP contribution is 2.32. The summed E-state index contributed by atoms with van der Waals surface area (Å²) in [5, 5.41) is 2.34. The zero-order valence-electron chi connectivity index (χ0n) is 12.8. The van der Waals surface area contributed by atoms with E-state index < -0.39 is 23.4 Å². The maximum Gasteiger partial charge on any atom is 0.255 e. The average Bonchev–Trinajstić information content (AvgIpc) is 2.58. The van der Waals surface area contributed by atoms with Gasteiger partial charge >= 0.3 is 0 Å². The molecule has 25 heavy (non-hydrogen) atoms. The van der Waals surface area contributed by atoms with Crippen LogP contribution in [-0.2, 0) is 0 Å². The number of anilines is 1. The highest BCUT2D eigenvalue weighted by atomic mass is 32.1. The smallest absolute Gasteiger partial charge is 0.255 e. The highest BCUT2D eigenvalue weighted by Gasteiger charge is 2.16. The molecule has 0 aliphatic carbocycles. The van der Waals surface area contributed by atoms with Gasteiger partial charge < -0.3 is 5.32 Å². The number of thiol groups is 1. The molecule has 1 amide bonds. The van der Waals surface area contributed by atoms with E-state index in [0.29, 0.717) is 16.5 Å². The number of benzene rings is 3. The summed E-state index contributed by atoms with van der Waals surface area (Å²) in [5.41, 5.74) is 0.383. The van der Waals surface area contributed by atoms with E-state index in [1.54, 1.807) is 24.3 Å². The van der Waals surface area contributed by atoms with E-state index in [2.05, 4.69) is 17.9 Å². The number of amides is 1. The van der Waals surface area contributed by atoms with Crippen molar-refractivity contribution in [1.82, 2.24) is 0 Å². The molecule has 0 spiro atoms. The molecule has 6 heteroatoms. The van der Waals surface area contributed by atoms with E-state index in [0.717, 1.165) is 6.07 Å². The second-order valence-corrected chi connectivity index (χ2v) is 5.78. The van der Waals surface area contributed by atoms with E-state index in [-0.39, 0.29) is 16.8 Å². The van der Waals surface area contributed by atoms with Gasteiger partial charge in [0.1, 0.15) is 17.5 Å². The van der Waals surface area contributed by atoms with Crippen LogP contribution in [-0.4, -0.2) is 5.91 Å². The van der Waals surface area contributed by atoms with E-state index in [4.69, 9.17) is 0 Å². The Morgan fingerprint density at radius 3 is 2.32 bits per heavy atom. The van der Waals surface area contributed by atoms with Crippen molar-refractivity contribution in [1.29, 1.82) is 0 Å². The van der Waals surface area contributed by atoms with Crippen molar-refractivity contribution >= 4 is 24.2 Å². The fourth-order valence-corrected chi connectivity index (χ4v) is 2.66. The van der Waals surface area contributed by atoms with Gasteiger partial charge in [-0.05, 0) is 35.9 Å². The molecule has 3 rings (SSSR count). The van der Waals surface area contributed by atoms with Crippen LogP contribution in [0.25, 0.3) is 11.1 Å². The number of halogens is 3. The van der Waals surface area contributed by atoms with Crippen molar-refractivity contribution in [3.63, 3.8) is 0 Å². The van der Waals surface area contributed by atoms with Crippen LogP contribution in [0.15, 0.2) is 65.6 Å². The number of carbonyl (C=O) groups excluding carboxylic acids is 1. The molecule has 0 unspecified atom stereocenters. The van der Waals surface area contributed by atoms with Gasteiger partial charge in [0.15, 0.2) is 0 Å². The zero-order chi connectivity index (χ0) is 18.0.